The third kappa shape index (κ3) is 5.78. The molecule has 198 valence electrons. The summed E-state index contributed by atoms with van der Waals surface area (Å²) in [5, 5.41) is 9.40. The van der Waals surface area contributed by atoms with Crippen molar-refractivity contribution in [3.63, 3.8) is 0 Å². The predicted octanol–water partition coefficient (Wildman–Crippen LogP) is 4.28. The highest BCUT2D eigenvalue weighted by molar-refractivity contribution is 5.78. The van der Waals surface area contributed by atoms with Crippen LogP contribution in [-0.2, 0) is 11.2 Å². The Bertz CT molecular complexity index is 1090. The molecule has 1 N–H and O–H groups in total. The van der Waals surface area contributed by atoms with Gasteiger partial charge >= 0.3 is 12.0 Å². The molecule has 2 heterocycles. The Morgan fingerprint density at radius 1 is 0.946 bits per heavy atom. The topological polar surface area (TPSA) is 82.6 Å². The van der Waals surface area contributed by atoms with Gasteiger partial charge in [-0.3, -0.25) is 4.79 Å². The van der Waals surface area contributed by atoms with Crippen LogP contribution in [0, 0.1) is 5.92 Å². The molecule has 1 unspecified atom stereocenters. The maximum Gasteiger partial charge on any atom is 0.320 e. The first-order chi connectivity index (χ1) is 18.0. The lowest BCUT2D eigenvalue weighted by Gasteiger charge is -2.44. The van der Waals surface area contributed by atoms with Crippen molar-refractivity contribution in [2.75, 3.05) is 44.7 Å². The van der Waals surface area contributed by atoms with Crippen molar-refractivity contribution in [1.82, 2.24) is 9.80 Å². The van der Waals surface area contributed by atoms with Crippen LogP contribution in [0.25, 0.3) is 0 Å². The summed E-state index contributed by atoms with van der Waals surface area (Å²) < 4.78 is 11.9. The minimum atomic E-state index is -0.823. The molecule has 2 atom stereocenters. The number of methoxy groups -OCH3 is 1. The van der Waals surface area contributed by atoms with Crippen molar-refractivity contribution < 1.29 is 24.2 Å². The molecular formula is C29H37N3O5. The van der Waals surface area contributed by atoms with Crippen LogP contribution in [0.2, 0.25) is 0 Å². The Balaban J connectivity index is 1.35. The molecule has 1 saturated carbocycles. The number of hydrogen-bond donors (Lipinski definition) is 1. The number of carboxylic acid groups (broad SMARTS) is 1. The number of piperazine rings is 1. The summed E-state index contributed by atoms with van der Waals surface area (Å²) in [6, 6.07) is 16.3. The fraction of sp³-hybridized carbons (Fsp3) is 0.517. The third-order valence-electron chi connectivity index (χ3n) is 7.96. The van der Waals surface area contributed by atoms with Crippen LogP contribution in [0.4, 0.5) is 10.5 Å². The number of benzene rings is 2. The summed E-state index contributed by atoms with van der Waals surface area (Å²) in [6.07, 6.45) is 6.04. The van der Waals surface area contributed by atoms with Crippen molar-refractivity contribution in [3.05, 3.63) is 54.1 Å². The Hall–Kier alpha value is -3.42. The normalized spacial score (nSPS) is 22.4. The molecule has 2 saturated heterocycles. The van der Waals surface area contributed by atoms with Crippen molar-refractivity contribution in [1.29, 1.82) is 0 Å². The Morgan fingerprint density at radius 2 is 1.73 bits per heavy atom. The zero-order chi connectivity index (χ0) is 25.8. The maximum atomic E-state index is 13.5. The second kappa shape index (κ2) is 11.3. The molecule has 3 aliphatic rings. The van der Waals surface area contributed by atoms with Crippen molar-refractivity contribution >= 4 is 17.7 Å². The maximum absolute atomic E-state index is 13.5. The van der Waals surface area contributed by atoms with E-state index in [0.717, 1.165) is 36.4 Å². The molecule has 3 fully saturated rings. The zero-order valence-electron chi connectivity index (χ0n) is 21.6. The van der Waals surface area contributed by atoms with Crippen molar-refractivity contribution in [2.45, 2.75) is 50.7 Å². The number of carbonyl (C=O) groups excluding carboxylic acids is 1. The van der Waals surface area contributed by atoms with Gasteiger partial charge in [0.05, 0.1) is 25.2 Å². The Kier molecular flexibility index (Phi) is 7.72. The highest BCUT2D eigenvalue weighted by atomic mass is 16.5. The second-order valence-electron chi connectivity index (χ2n) is 10.4. The number of aliphatic carboxylic acids is 1. The van der Waals surface area contributed by atoms with Gasteiger partial charge in [0.25, 0.3) is 0 Å². The summed E-state index contributed by atoms with van der Waals surface area (Å²) in [5.41, 5.74) is 2.24. The lowest BCUT2D eigenvalue weighted by Crippen LogP contribution is -2.59. The number of ether oxygens (including phenoxy) is 2. The SMILES string of the molecule is COc1ccc(N2CCN(C(=O)N3CCC(C(=O)O)C3)[C@@H](Cc3ccccc3)C2)cc1OC1CCCC1. The summed E-state index contributed by atoms with van der Waals surface area (Å²) in [7, 11) is 1.67. The summed E-state index contributed by atoms with van der Waals surface area (Å²) in [5.74, 6) is 0.223. The number of urea groups is 1. The van der Waals surface area contributed by atoms with Gasteiger partial charge in [0.2, 0.25) is 0 Å². The number of anilines is 1. The molecule has 0 aromatic heterocycles. The first kappa shape index (κ1) is 25.2. The van der Waals surface area contributed by atoms with E-state index in [1.165, 1.54) is 18.4 Å². The van der Waals surface area contributed by atoms with Gasteiger partial charge in [0.1, 0.15) is 0 Å². The Labute approximate surface area is 218 Å². The average molecular weight is 508 g/mol. The van der Waals surface area contributed by atoms with Gasteiger partial charge in [-0.25, -0.2) is 4.79 Å². The molecule has 2 aliphatic heterocycles. The van der Waals surface area contributed by atoms with Gasteiger partial charge < -0.3 is 29.3 Å². The quantitative estimate of drug-likeness (QED) is 0.603. The largest absolute Gasteiger partial charge is 0.493 e. The van der Waals surface area contributed by atoms with Crippen LogP contribution >= 0.6 is 0 Å². The lowest BCUT2D eigenvalue weighted by atomic mass is 10.0. The highest BCUT2D eigenvalue weighted by Crippen LogP contribution is 2.36. The number of carbonyl (C=O) groups is 2. The number of carboxylic acids is 1. The molecule has 5 rings (SSSR count). The zero-order valence-corrected chi connectivity index (χ0v) is 21.6. The van der Waals surface area contributed by atoms with Crippen LogP contribution in [-0.4, -0.2) is 78.9 Å². The monoisotopic (exact) mass is 507 g/mol. The van der Waals surface area contributed by atoms with Gasteiger partial charge in [0, 0.05) is 44.5 Å². The molecule has 2 aromatic carbocycles. The van der Waals surface area contributed by atoms with Crippen LogP contribution in [0.1, 0.15) is 37.7 Å². The summed E-state index contributed by atoms with van der Waals surface area (Å²) in [4.78, 5) is 31.0. The van der Waals surface area contributed by atoms with Gasteiger partial charge in [-0.1, -0.05) is 30.3 Å². The smallest absolute Gasteiger partial charge is 0.320 e. The van der Waals surface area contributed by atoms with Crippen LogP contribution < -0.4 is 14.4 Å². The van der Waals surface area contributed by atoms with E-state index in [9.17, 15) is 14.7 Å². The molecular weight excluding hydrogens is 470 g/mol. The molecule has 0 bridgehead atoms. The lowest BCUT2D eigenvalue weighted by molar-refractivity contribution is -0.141. The first-order valence-electron chi connectivity index (χ1n) is 13.4. The molecule has 0 radical (unpaired) electrons. The van der Waals surface area contributed by atoms with E-state index in [1.54, 1.807) is 12.0 Å². The minimum absolute atomic E-state index is 0.0335. The van der Waals surface area contributed by atoms with Gasteiger partial charge in [-0.2, -0.15) is 0 Å². The van der Waals surface area contributed by atoms with Gasteiger partial charge in [-0.15, -0.1) is 0 Å². The highest BCUT2D eigenvalue weighted by Gasteiger charge is 2.37. The van der Waals surface area contributed by atoms with E-state index in [4.69, 9.17) is 9.47 Å². The molecule has 37 heavy (non-hydrogen) atoms. The Morgan fingerprint density at radius 3 is 2.43 bits per heavy atom. The fourth-order valence-corrected chi connectivity index (χ4v) is 5.86. The number of amides is 2. The van der Waals surface area contributed by atoms with E-state index >= 15 is 0 Å². The molecule has 8 nitrogen and oxygen atoms in total. The molecule has 0 spiro atoms. The van der Waals surface area contributed by atoms with E-state index in [2.05, 4.69) is 29.2 Å². The summed E-state index contributed by atoms with van der Waals surface area (Å²) >= 11 is 0. The van der Waals surface area contributed by atoms with Crippen molar-refractivity contribution in [2.24, 2.45) is 5.92 Å². The van der Waals surface area contributed by atoms with Gasteiger partial charge in [-0.05, 0) is 56.2 Å². The van der Waals surface area contributed by atoms with Crippen molar-refractivity contribution in [3.8, 4) is 11.5 Å². The van der Waals surface area contributed by atoms with Crippen LogP contribution in [0.3, 0.4) is 0 Å². The van der Waals surface area contributed by atoms with E-state index in [0.29, 0.717) is 32.6 Å². The molecule has 1 aliphatic carbocycles. The first-order valence-corrected chi connectivity index (χ1v) is 13.4. The summed E-state index contributed by atoms with van der Waals surface area (Å²) in [6.45, 7) is 2.74. The molecule has 2 aromatic rings. The number of likely N-dealkylation sites (tertiary alicyclic amines) is 1. The minimum Gasteiger partial charge on any atom is -0.493 e. The van der Waals surface area contributed by atoms with E-state index < -0.39 is 11.9 Å². The number of nitrogens with zero attached hydrogens (tertiary/aromatic N) is 3. The number of rotatable bonds is 7. The average Bonchev–Trinajstić information content (AvgIpc) is 3.62. The third-order valence-corrected chi connectivity index (χ3v) is 7.96. The standard InChI is InChI=1S/C29H37N3O5/c1-36-26-12-11-23(18-27(26)37-25-9-5-6-10-25)30-15-16-32(24(20-30)17-21-7-3-2-4-8-21)29(35)31-14-13-22(19-31)28(33)34/h2-4,7-8,11-12,18,22,24-25H,5-6,9-10,13-17,19-20H2,1H3,(H,33,34)/t22?,24-/m0/s1. The second-order valence-corrected chi connectivity index (χ2v) is 10.4. The van der Waals surface area contributed by atoms with E-state index in [1.807, 2.05) is 29.2 Å². The molecule has 2 amide bonds. The number of hydrogen-bond acceptors (Lipinski definition) is 5. The van der Waals surface area contributed by atoms with Gasteiger partial charge in [0.15, 0.2) is 11.5 Å². The molecule has 8 heteroatoms. The predicted molar refractivity (Wildman–Crippen MR) is 141 cm³/mol. The van der Waals surface area contributed by atoms with Crippen LogP contribution in [0.5, 0.6) is 11.5 Å². The van der Waals surface area contributed by atoms with E-state index in [-0.39, 0.29) is 24.7 Å². The fourth-order valence-electron chi connectivity index (χ4n) is 5.86. The van der Waals surface area contributed by atoms with Crippen LogP contribution in [0.15, 0.2) is 48.5 Å².